The van der Waals surface area contributed by atoms with Gasteiger partial charge in [0.2, 0.25) is 0 Å². The van der Waals surface area contributed by atoms with Gasteiger partial charge in [0.15, 0.2) is 0 Å². The van der Waals surface area contributed by atoms with Crippen molar-refractivity contribution in [3.63, 3.8) is 0 Å². The van der Waals surface area contributed by atoms with E-state index in [9.17, 15) is 14.0 Å². The summed E-state index contributed by atoms with van der Waals surface area (Å²) in [5.74, 6) is -1.48. The highest BCUT2D eigenvalue weighted by Crippen LogP contribution is 2.14. The Morgan fingerprint density at radius 3 is 2.55 bits per heavy atom. The number of nitrogens with one attached hydrogen (secondary N) is 2. The number of anilines is 1. The molecular formula is C17H25FN2O2. The van der Waals surface area contributed by atoms with Gasteiger partial charge in [-0.05, 0) is 37.0 Å². The molecule has 4 nitrogen and oxygen atoms in total. The second kappa shape index (κ2) is 9.18. The average molecular weight is 308 g/mol. The number of halogens is 1. The SMILES string of the molecule is CCCC[C@H](CC)CNC(=O)C(=O)Nc1ccc(C)c(F)c1. The Kier molecular flexibility index (Phi) is 7.57. The van der Waals surface area contributed by atoms with E-state index in [1.54, 1.807) is 19.1 Å². The number of unbranched alkanes of at least 4 members (excludes halogenated alkanes) is 1. The van der Waals surface area contributed by atoms with Gasteiger partial charge in [0.05, 0.1) is 0 Å². The van der Waals surface area contributed by atoms with Gasteiger partial charge in [0, 0.05) is 12.2 Å². The molecular weight excluding hydrogens is 283 g/mol. The molecule has 0 saturated carbocycles. The molecule has 0 aliphatic rings. The second-order valence-electron chi connectivity index (χ2n) is 5.54. The zero-order chi connectivity index (χ0) is 16.5. The molecule has 0 spiro atoms. The molecule has 0 unspecified atom stereocenters. The molecule has 0 heterocycles. The number of hydrogen-bond donors (Lipinski definition) is 2. The predicted octanol–water partition coefficient (Wildman–Crippen LogP) is 3.41. The smallest absolute Gasteiger partial charge is 0.313 e. The Morgan fingerprint density at radius 1 is 1.23 bits per heavy atom. The monoisotopic (exact) mass is 308 g/mol. The van der Waals surface area contributed by atoms with Crippen LogP contribution < -0.4 is 10.6 Å². The summed E-state index contributed by atoms with van der Waals surface area (Å²) in [6, 6.07) is 4.33. The number of hydrogen-bond acceptors (Lipinski definition) is 2. The summed E-state index contributed by atoms with van der Waals surface area (Å²) >= 11 is 0. The molecule has 2 amide bonds. The molecule has 22 heavy (non-hydrogen) atoms. The Morgan fingerprint density at radius 2 is 1.95 bits per heavy atom. The minimum absolute atomic E-state index is 0.279. The molecule has 0 radical (unpaired) electrons. The first kappa shape index (κ1) is 18.1. The van der Waals surface area contributed by atoms with Gasteiger partial charge in [-0.25, -0.2) is 4.39 Å². The van der Waals surface area contributed by atoms with Crippen molar-refractivity contribution in [1.82, 2.24) is 5.32 Å². The van der Waals surface area contributed by atoms with E-state index in [2.05, 4.69) is 24.5 Å². The van der Waals surface area contributed by atoms with Crippen LogP contribution in [0.25, 0.3) is 0 Å². The summed E-state index contributed by atoms with van der Waals surface area (Å²) in [6.45, 7) is 6.32. The molecule has 0 aliphatic heterocycles. The third-order valence-electron chi connectivity index (χ3n) is 3.73. The quantitative estimate of drug-likeness (QED) is 0.758. The summed E-state index contributed by atoms with van der Waals surface area (Å²) in [5, 5.41) is 5.05. The third kappa shape index (κ3) is 5.84. The normalized spacial score (nSPS) is 11.8. The van der Waals surface area contributed by atoms with E-state index in [-0.39, 0.29) is 5.69 Å². The highest BCUT2D eigenvalue weighted by atomic mass is 19.1. The molecule has 0 aromatic heterocycles. The van der Waals surface area contributed by atoms with Gasteiger partial charge in [-0.15, -0.1) is 0 Å². The number of aryl methyl sites for hydroxylation is 1. The van der Waals surface area contributed by atoms with E-state index < -0.39 is 17.6 Å². The lowest BCUT2D eigenvalue weighted by molar-refractivity contribution is -0.136. The first-order valence-electron chi connectivity index (χ1n) is 7.83. The summed E-state index contributed by atoms with van der Waals surface area (Å²) < 4.78 is 13.4. The number of carbonyl (C=O) groups excluding carboxylic acids is 2. The predicted molar refractivity (Wildman–Crippen MR) is 86.1 cm³/mol. The number of rotatable bonds is 7. The van der Waals surface area contributed by atoms with E-state index in [4.69, 9.17) is 0 Å². The van der Waals surface area contributed by atoms with Crippen molar-refractivity contribution in [3.8, 4) is 0 Å². The van der Waals surface area contributed by atoms with Gasteiger partial charge in [-0.3, -0.25) is 9.59 Å². The molecule has 0 aliphatic carbocycles. The van der Waals surface area contributed by atoms with Gasteiger partial charge < -0.3 is 10.6 Å². The fourth-order valence-corrected chi connectivity index (χ4v) is 2.12. The topological polar surface area (TPSA) is 58.2 Å². The molecule has 5 heteroatoms. The molecule has 1 atom stereocenters. The van der Waals surface area contributed by atoms with Crippen molar-refractivity contribution in [2.45, 2.75) is 46.5 Å². The average Bonchev–Trinajstić information content (AvgIpc) is 2.50. The van der Waals surface area contributed by atoms with Crippen LogP contribution in [0.2, 0.25) is 0 Å². The minimum atomic E-state index is -0.770. The van der Waals surface area contributed by atoms with Crippen molar-refractivity contribution in [1.29, 1.82) is 0 Å². The van der Waals surface area contributed by atoms with Gasteiger partial charge in [0.25, 0.3) is 0 Å². The molecule has 0 bridgehead atoms. The summed E-state index contributed by atoms with van der Waals surface area (Å²) in [4.78, 5) is 23.6. The van der Waals surface area contributed by atoms with Gasteiger partial charge in [-0.1, -0.05) is 39.2 Å². The van der Waals surface area contributed by atoms with E-state index in [1.165, 1.54) is 6.07 Å². The lowest BCUT2D eigenvalue weighted by Crippen LogP contribution is -2.38. The van der Waals surface area contributed by atoms with Crippen LogP contribution in [0.3, 0.4) is 0 Å². The standard InChI is InChI=1S/C17H25FN2O2/c1-4-6-7-13(5-2)11-19-16(21)17(22)20-14-9-8-12(3)15(18)10-14/h8-10,13H,4-7,11H2,1-3H3,(H,19,21)(H,20,22)/t13-/m0/s1. The van der Waals surface area contributed by atoms with E-state index >= 15 is 0 Å². The number of carbonyl (C=O) groups is 2. The van der Waals surface area contributed by atoms with Crippen LogP contribution in [-0.2, 0) is 9.59 Å². The first-order valence-corrected chi connectivity index (χ1v) is 7.83. The van der Waals surface area contributed by atoms with Crippen LogP contribution in [-0.4, -0.2) is 18.4 Å². The van der Waals surface area contributed by atoms with Crippen molar-refractivity contribution < 1.29 is 14.0 Å². The molecule has 0 fully saturated rings. The zero-order valence-corrected chi connectivity index (χ0v) is 13.5. The van der Waals surface area contributed by atoms with Crippen molar-refractivity contribution in [2.75, 3.05) is 11.9 Å². The van der Waals surface area contributed by atoms with Gasteiger partial charge in [-0.2, -0.15) is 0 Å². The Balaban J connectivity index is 2.47. The number of amides is 2. The largest absolute Gasteiger partial charge is 0.348 e. The van der Waals surface area contributed by atoms with Gasteiger partial charge >= 0.3 is 11.8 Å². The second-order valence-corrected chi connectivity index (χ2v) is 5.54. The van der Waals surface area contributed by atoms with Crippen LogP contribution in [0, 0.1) is 18.7 Å². The Hall–Kier alpha value is -1.91. The summed E-state index contributed by atoms with van der Waals surface area (Å²) in [6.07, 6.45) is 4.23. The van der Waals surface area contributed by atoms with E-state index in [0.29, 0.717) is 18.0 Å². The van der Waals surface area contributed by atoms with Gasteiger partial charge in [0.1, 0.15) is 5.82 Å². The molecule has 122 valence electrons. The molecule has 1 aromatic rings. The van der Waals surface area contributed by atoms with E-state index in [1.807, 2.05) is 0 Å². The molecule has 0 saturated heterocycles. The van der Waals surface area contributed by atoms with E-state index in [0.717, 1.165) is 25.7 Å². The minimum Gasteiger partial charge on any atom is -0.348 e. The van der Waals surface area contributed by atoms with Crippen LogP contribution in [0.1, 0.15) is 45.1 Å². The van der Waals surface area contributed by atoms with Crippen molar-refractivity contribution in [2.24, 2.45) is 5.92 Å². The van der Waals surface area contributed by atoms with Crippen molar-refractivity contribution >= 4 is 17.5 Å². The molecule has 2 N–H and O–H groups in total. The number of benzene rings is 1. The molecule has 1 rings (SSSR count). The first-order chi connectivity index (χ1) is 10.5. The van der Waals surface area contributed by atoms with Crippen LogP contribution in [0.4, 0.5) is 10.1 Å². The lowest BCUT2D eigenvalue weighted by atomic mass is 9.99. The maximum absolute atomic E-state index is 13.4. The fraction of sp³-hybridized carbons (Fsp3) is 0.529. The Bertz CT molecular complexity index is 517. The van der Waals surface area contributed by atoms with Crippen LogP contribution in [0.5, 0.6) is 0 Å². The maximum atomic E-state index is 13.4. The highest BCUT2D eigenvalue weighted by molar-refractivity contribution is 6.39. The van der Waals surface area contributed by atoms with Crippen LogP contribution in [0.15, 0.2) is 18.2 Å². The zero-order valence-electron chi connectivity index (χ0n) is 13.5. The summed E-state index contributed by atoms with van der Waals surface area (Å²) in [7, 11) is 0. The lowest BCUT2D eigenvalue weighted by Gasteiger charge is -2.15. The summed E-state index contributed by atoms with van der Waals surface area (Å²) in [5.41, 5.74) is 0.769. The molecule has 1 aromatic carbocycles. The van der Waals surface area contributed by atoms with Crippen molar-refractivity contribution in [3.05, 3.63) is 29.6 Å². The highest BCUT2D eigenvalue weighted by Gasteiger charge is 2.15. The fourth-order valence-electron chi connectivity index (χ4n) is 2.12. The Labute approximate surface area is 131 Å². The maximum Gasteiger partial charge on any atom is 0.313 e. The van der Waals surface area contributed by atoms with Crippen LogP contribution >= 0.6 is 0 Å². The third-order valence-corrected chi connectivity index (χ3v) is 3.73.